The molecule has 17 heavy (non-hydrogen) atoms. The van der Waals surface area contributed by atoms with E-state index >= 15 is 0 Å². The molecule has 0 aliphatic rings. The number of nitrogens with zero attached hydrogens (tertiary/aromatic N) is 1. The van der Waals surface area contributed by atoms with Gasteiger partial charge in [0.1, 0.15) is 0 Å². The SMILES string of the molecule is NCC(Sc1cccc(Cl)c1)c1ccncc1. The van der Waals surface area contributed by atoms with E-state index < -0.39 is 0 Å². The van der Waals surface area contributed by atoms with E-state index in [0.29, 0.717) is 6.54 Å². The highest BCUT2D eigenvalue weighted by Crippen LogP contribution is 2.34. The third-order valence-electron chi connectivity index (χ3n) is 2.37. The molecule has 88 valence electrons. The minimum absolute atomic E-state index is 0.233. The van der Waals surface area contributed by atoms with E-state index in [1.807, 2.05) is 36.4 Å². The summed E-state index contributed by atoms with van der Waals surface area (Å²) in [7, 11) is 0. The Morgan fingerprint density at radius 3 is 2.65 bits per heavy atom. The average Bonchev–Trinajstić information content (AvgIpc) is 2.37. The fourth-order valence-corrected chi connectivity index (χ4v) is 2.86. The molecule has 1 aromatic carbocycles. The molecule has 0 amide bonds. The number of benzene rings is 1. The van der Waals surface area contributed by atoms with Crippen molar-refractivity contribution >= 4 is 23.4 Å². The van der Waals surface area contributed by atoms with Crippen molar-refractivity contribution < 1.29 is 0 Å². The highest BCUT2D eigenvalue weighted by molar-refractivity contribution is 7.99. The lowest BCUT2D eigenvalue weighted by Gasteiger charge is -2.14. The maximum atomic E-state index is 5.96. The lowest BCUT2D eigenvalue weighted by atomic mass is 10.2. The summed E-state index contributed by atoms with van der Waals surface area (Å²) in [5.74, 6) is 0. The van der Waals surface area contributed by atoms with Gasteiger partial charge in [-0.3, -0.25) is 4.98 Å². The molecule has 0 radical (unpaired) electrons. The van der Waals surface area contributed by atoms with Gasteiger partial charge in [0.05, 0.1) is 0 Å². The molecular formula is C13H13ClN2S. The highest BCUT2D eigenvalue weighted by atomic mass is 35.5. The number of thioether (sulfide) groups is 1. The molecule has 1 aromatic heterocycles. The van der Waals surface area contributed by atoms with E-state index in [9.17, 15) is 0 Å². The Morgan fingerprint density at radius 1 is 1.24 bits per heavy atom. The van der Waals surface area contributed by atoms with Crippen molar-refractivity contribution in [3.63, 3.8) is 0 Å². The Labute approximate surface area is 110 Å². The van der Waals surface area contributed by atoms with Gasteiger partial charge in [-0.1, -0.05) is 17.7 Å². The van der Waals surface area contributed by atoms with Crippen LogP contribution >= 0.6 is 23.4 Å². The second-order valence-corrected chi connectivity index (χ2v) is 5.29. The molecule has 0 aliphatic carbocycles. The first kappa shape index (κ1) is 12.4. The van der Waals surface area contributed by atoms with E-state index in [4.69, 9.17) is 17.3 Å². The number of pyridine rings is 1. The fraction of sp³-hybridized carbons (Fsp3) is 0.154. The van der Waals surface area contributed by atoms with Gasteiger partial charge in [0, 0.05) is 34.1 Å². The van der Waals surface area contributed by atoms with Crippen LogP contribution in [-0.4, -0.2) is 11.5 Å². The van der Waals surface area contributed by atoms with Crippen molar-refractivity contribution in [3.05, 3.63) is 59.4 Å². The van der Waals surface area contributed by atoms with Gasteiger partial charge in [0.2, 0.25) is 0 Å². The fourth-order valence-electron chi connectivity index (χ4n) is 1.53. The zero-order chi connectivity index (χ0) is 12.1. The number of aromatic nitrogens is 1. The first-order valence-corrected chi connectivity index (χ1v) is 6.57. The monoisotopic (exact) mass is 264 g/mol. The number of halogens is 1. The second kappa shape index (κ2) is 6.05. The normalized spacial score (nSPS) is 12.4. The van der Waals surface area contributed by atoms with Crippen LogP contribution in [0, 0.1) is 0 Å². The maximum absolute atomic E-state index is 5.96. The smallest absolute Gasteiger partial charge is 0.0467 e. The molecule has 0 fully saturated rings. The van der Waals surface area contributed by atoms with Gasteiger partial charge in [0.15, 0.2) is 0 Å². The first-order valence-electron chi connectivity index (χ1n) is 5.32. The summed E-state index contributed by atoms with van der Waals surface area (Å²) in [6.45, 7) is 0.585. The summed E-state index contributed by atoms with van der Waals surface area (Å²) < 4.78 is 0. The summed E-state index contributed by atoms with van der Waals surface area (Å²) in [6.07, 6.45) is 3.58. The highest BCUT2D eigenvalue weighted by Gasteiger charge is 2.11. The molecule has 0 saturated heterocycles. The predicted octanol–water partition coefficient (Wildman–Crippen LogP) is 3.53. The summed E-state index contributed by atoms with van der Waals surface area (Å²) in [5.41, 5.74) is 7.00. The Bertz CT molecular complexity index is 476. The molecule has 0 bridgehead atoms. The first-order chi connectivity index (χ1) is 8.29. The van der Waals surface area contributed by atoms with Crippen LogP contribution < -0.4 is 5.73 Å². The Morgan fingerprint density at radius 2 is 2.00 bits per heavy atom. The van der Waals surface area contributed by atoms with E-state index in [-0.39, 0.29) is 5.25 Å². The summed E-state index contributed by atoms with van der Waals surface area (Å²) >= 11 is 7.68. The van der Waals surface area contributed by atoms with Gasteiger partial charge in [0.25, 0.3) is 0 Å². The molecule has 0 aliphatic heterocycles. The zero-order valence-corrected chi connectivity index (χ0v) is 10.8. The van der Waals surface area contributed by atoms with Crippen molar-refractivity contribution in [2.75, 3.05) is 6.54 Å². The van der Waals surface area contributed by atoms with Crippen molar-refractivity contribution in [1.82, 2.24) is 4.98 Å². The zero-order valence-electron chi connectivity index (χ0n) is 9.21. The third-order valence-corrected chi connectivity index (χ3v) is 3.88. The quantitative estimate of drug-likeness (QED) is 0.859. The van der Waals surface area contributed by atoms with Gasteiger partial charge in [-0.25, -0.2) is 0 Å². The van der Waals surface area contributed by atoms with Gasteiger partial charge in [-0.2, -0.15) is 0 Å². The molecule has 4 heteroatoms. The van der Waals surface area contributed by atoms with Gasteiger partial charge in [-0.05, 0) is 35.9 Å². The molecule has 1 atom stereocenters. The Hall–Kier alpha value is -1.03. The van der Waals surface area contributed by atoms with Crippen molar-refractivity contribution in [2.24, 2.45) is 5.73 Å². The topological polar surface area (TPSA) is 38.9 Å². The van der Waals surface area contributed by atoms with Crippen molar-refractivity contribution in [2.45, 2.75) is 10.1 Å². The van der Waals surface area contributed by atoms with Crippen molar-refractivity contribution in [3.8, 4) is 0 Å². The molecule has 1 heterocycles. The largest absolute Gasteiger partial charge is 0.329 e. The standard InChI is InChI=1S/C13H13ClN2S/c14-11-2-1-3-12(8-11)17-13(9-15)10-4-6-16-7-5-10/h1-8,13H,9,15H2. The van der Waals surface area contributed by atoms with Gasteiger partial charge in [-0.15, -0.1) is 11.8 Å². The molecule has 2 N–H and O–H groups in total. The number of hydrogen-bond acceptors (Lipinski definition) is 3. The predicted molar refractivity (Wildman–Crippen MR) is 73.3 cm³/mol. The lowest BCUT2D eigenvalue weighted by Crippen LogP contribution is -2.09. The number of rotatable bonds is 4. The van der Waals surface area contributed by atoms with Gasteiger partial charge < -0.3 is 5.73 Å². The van der Waals surface area contributed by atoms with E-state index in [0.717, 1.165) is 9.92 Å². The minimum atomic E-state index is 0.233. The van der Waals surface area contributed by atoms with E-state index in [1.54, 1.807) is 24.2 Å². The van der Waals surface area contributed by atoms with E-state index in [2.05, 4.69) is 4.98 Å². The number of hydrogen-bond donors (Lipinski definition) is 1. The Kier molecular flexibility index (Phi) is 4.42. The third kappa shape index (κ3) is 3.46. The molecule has 0 spiro atoms. The van der Waals surface area contributed by atoms with Crippen LogP contribution in [0.25, 0.3) is 0 Å². The molecule has 0 saturated carbocycles. The molecular weight excluding hydrogens is 252 g/mol. The summed E-state index contributed by atoms with van der Waals surface area (Å²) in [5, 5.41) is 0.983. The van der Waals surface area contributed by atoms with Crippen LogP contribution in [0.1, 0.15) is 10.8 Å². The second-order valence-electron chi connectivity index (χ2n) is 3.58. The summed E-state index contributed by atoms with van der Waals surface area (Å²) in [4.78, 5) is 5.14. The average molecular weight is 265 g/mol. The van der Waals surface area contributed by atoms with Crippen LogP contribution in [-0.2, 0) is 0 Å². The van der Waals surface area contributed by atoms with Crippen molar-refractivity contribution in [1.29, 1.82) is 0 Å². The van der Waals surface area contributed by atoms with Crippen LogP contribution in [0.4, 0.5) is 0 Å². The molecule has 2 aromatic rings. The van der Waals surface area contributed by atoms with Crippen LogP contribution in [0.2, 0.25) is 5.02 Å². The molecule has 2 rings (SSSR count). The van der Waals surface area contributed by atoms with Crippen LogP contribution in [0.3, 0.4) is 0 Å². The molecule has 1 unspecified atom stereocenters. The van der Waals surface area contributed by atoms with E-state index in [1.165, 1.54) is 5.56 Å². The minimum Gasteiger partial charge on any atom is -0.329 e. The maximum Gasteiger partial charge on any atom is 0.0467 e. The Balaban J connectivity index is 2.16. The van der Waals surface area contributed by atoms with Crippen LogP contribution in [0.15, 0.2) is 53.7 Å². The lowest BCUT2D eigenvalue weighted by molar-refractivity contribution is 0.937. The van der Waals surface area contributed by atoms with Gasteiger partial charge >= 0.3 is 0 Å². The molecule has 2 nitrogen and oxygen atoms in total. The van der Waals surface area contributed by atoms with Crippen LogP contribution in [0.5, 0.6) is 0 Å². The summed E-state index contributed by atoms with van der Waals surface area (Å²) in [6, 6.07) is 11.8. The number of nitrogens with two attached hydrogens (primary N) is 1.